The third-order valence-corrected chi connectivity index (χ3v) is 8.44. The molecule has 1 aromatic carbocycles. The number of hydrogen-bond acceptors (Lipinski definition) is 7. The van der Waals surface area contributed by atoms with Crippen molar-refractivity contribution in [1.29, 1.82) is 0 Å². The molecule has 6 nitrogen and oxygen atoms in total. The largest absolute Gasteiger partial charge is 0.440 e. The van der Waals surface area contributed by atoms with Gasteiger partial charge in [-0.1, -0.05) is 17.8 Å². The van der Waals surface area contributed by atoms with Crippen LogP contribution < -0.4 is 0 Å². The topological polar surface area (TPSA) is 60.0 Å². The second-order valence-electron chi connectivity index (χ2n) is 8.89. The molecule has 5 rings (SSSR count). The zero-order chi connectivity index (χ0) is 22.1. The lowest BCUT2D eigenvalue weighted by atomic mass is 9.69. The first-order chi connectivity index (χ1) is 15.6. The van der Waals surface area contributed by atoms with Crippen LogP contribution in [0, 0.1) is 6.92 Å². The first kappa shape index (κ1) is 22.0. The average molecular weight is 474 g/mol. The molecule has 1 unspecified atom stereocenters. The zero-order valence-corrected chi connectivity index (χ0v) is 20.1. The fraction of sp³-hybridized carbons (Fsp3) is 0.522. The van der Waals surface area contributed by atoms with Gasteiger partial charge in [0.05, 0.1) is 17.8 Å². The Kier molecular flexibility index (Phi) is 6.31. The second-order valence-corrected chi connectivity index (χ2v) is 10.6. The Hall–Kier alpha value is -1.84. The molecule has 1 saturated heterocycles. The van der Waals surface area contributed by atoms with Crippen LogP contribution in [0.1, 0.15) is 42.5 Å². The lowest BCUT2D eigenvalue weighted by Crippen LogP contribution is -2.35. The summed E-state index contributed by atoms with van der Waals surface area (Å²) in [6, 6.07) is 6.21. The van der Waals surface area contributed by atoms with Crippen molar-refractivity contribution < 1.29 is 8.30 Å². The number of halogens is 1. The number of fused-ring (bicyclic) bond motifs is 2. The molecule has 1 spiro atoms. The molecule has 32 heavy (non-hydrogen) atoms. The molecule has 0 saturated carbocycles. The van der Waals surface area contributed by atoms with E-state index in [-0.39, 0.29) is 5.41 Å². The third-order valence-electron chi connectivity index (χ3n) is 6.90. The van der Waals surface area contributed by atoms with Gasteiger partial charge in [0.15, 0.2) is 17.3 Å². The Morgan fingerprint density at radius 2 is 2.16 bits per heavy atom. The van der Waals surface area contributed by atoms with Crippen molar-refractivity contribution in [2.45, 2.75) is 54.5 Å². The van der Waals surface area contributed by atoms with Gasteiger partial charge in [-0.25, -0.2) is 4.98 Å². The summed E-state index contributed by atoms with van der Waals surface area (Å²) in [5, 5.41) is 9.52. The van der Waals surface area contributed by atoms with E-state index in [1.807, 2.05) is 24.6 Å². The molecule has 1 fully saturated rings. The summed E-state index contributed by atoms with van der Waals surface area (Å²) in [7, 11) is 1.97. The van der Waals surface area contributed by atoms with E-state index in [1.54, 1.807) is 11.8 Å². The molecule has 170 valence electrons. The maximum absolute atomic E-state index is 13.0. The van der Waals surface area contributed by atoms with Crippen LogP contribution in [0.3, 0.4) is 0 Å². The van der Waals surface area contributed by atoms with Crippen molar-refractivity contribution >= 4 is 23.9 Å². The maximum atomic E-state index is 13.0. The monoisotopic (exact) mass is 473 g/mol. The lowest BCUT2D eigenvalue weighted by Gasteiger charge is -2.36. The molecule has 2 aromatic heterocycles. The quantitative estimate of drug-likeness (QED) is 0.344. The van der Waals surface area contributed by atoms with Gasteiger partial charge in [0.1, 0.15) is 0 Å². The summed E-state index contributed by atoms with van der Waals surface area (Å²) in [5.41, 5.74) is 3.90. The summed E-state index contributed by atoms with van der Waals surface area (Å²) >= 11 is 2.09. The first-order valence-corrected chi connectivity index (χ1v) is 12.9. The van der Waals surface area contributed by atoms with Gasteiger partial charge in [0.25, 0.3) is 0 Å². The zero-order valence-electron chi connectivity index (χ0n) is 18.5. The standard InChI is InChI=1S/C23H28FN5OS2/c1-16-20(30-15-25-16)21-26-27-22(28(21)2)31-12-4-10-29-11-9-23(14-29)8-3-5-17-13-18(32-24)6-7-19(17)23/h6-7,13,15H,3-5,8-12,14H2,1-2H3. The molecule has 3 aromatic rings. The van der Waals surface area contributed by atoms with Crippen LogP contribution in [0.25, 0.3) is 11.6 Å². The van der Waals surface area contributed by atoms with Crippen LogP contribution in [-0.2, 0) is 18.9 Å². The van der Waals surface area contributed by atoms with Gasteiger partial charge in [0, 0.05) is 29.7 Å². The van der Waals surface area contributed by atoms with E-state index < -0.39 is 0 Å². The Bertz CT molecular complexity index is 1100. The molecule has 1 aliphatic heterocycles. The number of nitrogens with zero attached hydrogens (tertiary/aromatic N) is 5. The summed E-state index contributed by atoms with van der Waals surface area (Å²) in [6.45, 7) is 5.26. The number of likely N-dealkylation sites (tertiary alicyclic amines) is 1. The van der Waals surface area contributed by atoms with Crippen molar-refractivity contribution in [1.82, 2.24) is 24.6 Å². The normalized spacial score (nSPS) is 20.8. The van der Waals surface area contributed by atoms with Gasteiger partial charge in [-0.15, -0.1) is 10.2 Å². The average Bonchev–Trinajstić information content (AvgIpc) is 3.51. The number of thioether (sulfide) groups is 1. The summed E-state index contributed by atoms with van der Waals surface area (Å²) < 4.78 is 20.5. The van der Waals surface area contributed by atoms with Gasteiger partial charge in [0.2, 0.25) is 5.82 Å². The van der Waals surface area contributed by atoms with E-state index in [9.17, 15) is 3.89 Å². The Labute approximate surface area is 196 Å². The van der Waals surface area contributed by atoms with Crippen LogP contribution in [0.15, 0.2) is 39.1 Å². The molecule has 2 aliphatic rings. The van der Waals surface area contributed by atoms with E-state index in [2.05, 4.69) is 32.2 Å². The first-order valence-electron chi connectivity index (χ1n) is 11.2. The molecule has 3 heterocycles. The molecular weight excluding hydrogens is 445 g/mol. The fourth-order valence-corrected chi connectivity index (χ4v) is 6.41. The van der Waals surface area contributed by atoms with Crippen LogP contribution in [0.4, 0.5) is 3.89 Å². The summed E-state index contributed by atoms with van der Waals surface area (Å²) in [6.07, 6.45) is 7.29. The van der Waals surface area contributed by atoms with E-state index in [1.165, 1.54) is 36.8 Å². The summed E-state index contributed by atoms with van der Waals surface area (Å²) in [5.74, 6) is 2.40. The van der Waals surface area contributed by atoms with Gasteiger partial charge in [-0.3, -0.25) is 0 Å². The Balaban J connectivity index is 1.16. The maximum Gasteiger partial charge on any atom is 0.202 e. The predicted octanol–water partition coefficient (Wildman–Crippen LogP) is 5.22. The van der Waals surface area contributed by atoms with Crippen molar-refractivity contribution in [3.05, 3.63) is 41.4 Å². The van der Waals surface area contributed by atoms with E-state index in [0.717, 1.165) is 54.0 Å². The molecule has 0 radical (unpaired) electrons. The minimum Gasteiger partial charge on any atom is -0.440 e. The molecular formula is C23H28FN5OS2. The Morgan fingerprint density at radius 1 is 1.25 bits per heavy atom. The minimum atomic E-state index is 0.258. The molecule has 0 bridgehead atoms. The van der Waals surface area contributed by atoms with Crippen LogP contribution in [0.2, 0.25) is 0 Å². The minimum absolute atomic E-state index is 0.258. The van der Waals surface area contributed by atoms with Gasteiger partial charge in [-0.05, 0) is 75.4 Å². The number of aryl methyl sites for hydroxylation is 2. The number of rotatable bonds is 7. The van der Waals surface area contributed by atoms with E-state index in [4.69, 9.17) is 4.42 Å². The highest BCUT2D eigenvalue weighted by molar-refractivity contribution is 7.99. The van der Waals surface area contributed by atoms with Gasteiger partial charge < -0.3 is 13.9 Å². The molecule has 9 heteroatoms. The predicted molar refractivity (Wildman–Crippen MR) is 126 cm³/mol. The lowest BCUT2D eigenvalue weighted by molar-refractivity contribution is 0.294. The van der Waals surface area contributed by atoms with Crippen LogP contribution >= 0.6 is 23.9 Å². The highest BCUT2D eigenvalue weighted by Gasteiger charge is 2.42. The highest BCUT2D eigenvalue weighted by atomic mass is 32.2. The smallest absolute Gasteiger partial charge is 0.202 e. The van der Waals surface area contributed by atoms with E-state index in [0.29, 0.717) is 23.7 Å². The van der Waals surface area contributed by atoms with Gasteiger partial charge >= 0.3 is 0 Å². The molecule has 1 aliphatic carbocycles. The fourth-order valence-electron chi connectivity index (χ4n) is 5.27. The Morgan fingerprint density at radius 3 is 2.97 bits per heavy atom. The van der Waals surface area contributed by atoms with Crippen LogP contribution in [-0.4, -0.2) is 50.0 Å². The molecule has 0 amide bonds. The van der Waals surface area contributed by atoms with Crippen molar-refractivity contribution in [3.63, 3.8) is 0 Å². The number of oxazole rings is 1. The number of hydrogen-bond donors (Lipinski definition) is 0. The third kappa shape index (κ3) is 4.10. The second kappa shape index (κ2) is 9.19. The molecule has 1 atom stereocenters. The van der Waals surface area contributed by atoms with Crippen molar-refractivity contribution in [3.8, 4) is 11.6 Å². The number of aromatic nitrogens is 4. The van der Waals surface area contributed by atoms with E-state index >= 15 is 0 Å². The van der Waals surface area contributed by atoms with Crippen molar-refractivity contribution in [2.24, 2.45) is 7.05 Å². The highest BCUT2D eigenvalue weighted by Crippen LogP contribution is 2.45. The SMILES string of the molecule is Cc1ncoc1-c1nnc(SCCCN2CCC3(CCCc4cc(SF)ccc43)C2)n1C. The van der Waals surface area contributed by atoms with Crippen LogP contribution in [0.5, 0.6) is 0 Å². The van der Waals surface area contributed by atoms with Gasteiger partial charge in [-0.2, -0.15) is 3.89 Å². The number of benzene rings is 1. The van der Waals surface area contributed by atoms with Crippen molar-refractivity contribution in [2.75, 3.05) is 25.4 Å². The molecule has 0 N–H and O–H groups in total. The summed E-state index contributed by atoms with van der Waals surface area (Å²) in [4.78, 5) is 7.48.